The summed E-state index contributed by atoms with van der Waals surface area (Å²) in [5.41, 5.74) is 0.712. The van der Waals surface area contributed by atoms with Gasteiger partial charge in [0, 0.05) is 24.0 Å². The summed E-state index contributed by atoms with van der Waals surface area (Å²) in [5, 5.41) is 4.30. The molecular formula is C26H43ClN2O3S. The highest BCUT2D eigenvalue weighted by molar-refractivity contribution is 7.90. The summed E-state index contributed by atoms with van der Waals surface area (Å²) in [5.74, 6) is 0.962. The number of unbranched alkanes of at least 4 members (excludes halogenated alkanes) is 9. The number of alkyl halides is 1. The van der Waals surface area contributed by atoms with Crippen molar-refractivity contribution in [2.24, 2.45) is 0 Å². The zero-order chi connectivity index (χ0) is 23.9. The van der Waals surface area contributed by atoms with Crippen molar-refractivity contribution in [3.63, 3.8) is 0 Å². The lowest BCUT2D eigenvalue weighted by Crippen LogP contribution is -2.28. The van der Waals surface area contributed by atoms with Crippen molar-refractivity contribution in [1.29, 1.82) is 0 Å². The van der Waals surface area contributed by atoms with Crippen LogP contribution in [0.3, 0.4) is 0 Å². The van der Waals surface area contributed by atoms with Crippen molar-refractivity contribution in [2.75, 3.05) is 25.3 Å². The Hall–Kier alpha value is -1.24. The Balaban J connectivity index is 0.00000187. The van der Waals surface area contributed by atoms with Crippen molar-refractivity contribution in [1.82, 2.24) is 9.29 Å². The van der Waals surface area contributed by atoms with Gasteiger partial charge < -0.3 is 10.1 Å². The van der Waals surface area contributed by atoms with Gasteiger partial charge in [0.2, 0.25) is 10.0 Å². The first kappa shape index (κ1) is 28.0. The molecule has 7 heteroatoms. The van der Waals surface area contributed by atoms with Gasteiger partial charge in [-0.2, -0.15) is 0 Å². The van der Waals surface area contributed by atoms with Crippen LogP contribution in [-0.2, 0) is 10.0 Å². The molecule has 1 fully saturated rings. The van der Waals surface area contributed by atoms with Crippen molar-refractivity contribution in [3.05, 3.63) is 30.5 Å². The minimum absolute atomic E-state index is 0.199. The average Bonchev–Trinajstić information content (AvgIpc) is 3.51. The molecule has 2 heterocycles. The predicted molar refractivity (Wildman–Crippen MR) is 141 cm³/mol. The van der Waals surface area contributed by atoms with Crippen molar-refractivity contribution < 1.29 is 13.2 Å². The van der Waals surface area contributed by atoms with Gasteiger partial charge in [0.05, 0.1) is 11.3 Å². The lowest BCUT2D eigenvalue weighted by atomic mass is 10.1. The number of rotatable bonds is 15. The standard InChI is InChI=1S/C25H40N2O3S.CH3Cl/c1-2-3-4-5-6-7-8-9-10-11-20-31(28,29)27-19-17-23-24(27)15-12-16-25(23)30-21-22-14-13-18-26-22;1-2/h12,15-17,19,22,26H,2-11,13-14,18,20-21H2,1H3;1H3/t22-;/m0./s1. The summed E-state index contributed by atoms with van der Waals surface area (Å²) < 4.78 is 33.3. The molecule has 0 spiro atoms. The fourth-order valence-electron chi connectivity index (χ4n) is 4.44. The molecule has 1 atom stereocenters. The van der Waals surface area contributed by atoms with Crippen LogP contribution in [0.25, 0.3) is 10.9 Å². The van der Waals surface area contributed by atoms with Crippen LogP contribution in [0.15, 0.2) is 30.5 Å². The lowest BCUT2D eigenvalue weighted by molar-refractivity contribution is 0.280. The Bertz CT molecular complexity index is 892. The van der Waals surface area contributed by atoms with Crippen LogP contribution in [0.4, 0.5) is 0 Å². The monoisotopic (exact) mass is 498 g/mol. The first-order valence-electron chi connectivity index (χ1n) is 12.7. The van der Waals surface area contributed by atoms with Gasteiger partial charge in [-0.05, 0) is 44.0 Å². The lowest BCUT2D eigenvalue weighted by Gasteiger charge is -2.13. The predicted octanol–water partition coefficient (Wildman–Crippen LogP) is 6.73. The van der Waals surface area contributed by atoms with Crippen LogP contribution in [0.1, 0.15) is 84.0 Å². The van der Waals surface area contributed by atoms with Gasteiger partial charge in [0.15, 0.2) is 0 Å². The summed E-state index contributed by atoms with van der Waals surface area (Å²) >= 11 is 4.64. The second-order valence-electron chi connectivity index (χ2n) is 8.90. The number of hydrogen-bond donors (Lipinski definition) is 1. The van der Waals surface area contributed by atoms with E-state index < -0.39 is 10.0 Å². The van der Waals surface area contributed by atoms with E-state index in [1.165, 1.54) is 61.7 Å². The molecule has 3 rings (SSSR count). The second kappa shape index (κ2) is 15.6. The maximum atomic E-state index is 12.9. The Morgan fingerprint density at radius 1 is 1.00 bits per heavy atom. The van der Waals surface area contributed by atoms with Crippen LogP contribution in [0.2, 0.25) is 0 Å². The molecule has 1 aromatic heterocycles. The van der Waals surface area contributed by atoms with E-state index in [1.54, 1.807) is 6.20 Å². The van der Waals surface area contributed by atoms with Crippen molar-refractivity contribution in [3.8, 4) is 5.75 Å². The number of halogens is 1. The number of benzene rings is 1. The summed E-state index contributed by atoms with van der Waals surface area (Å²) in [6.07, 6.45) is 17.4. The van der Waals surface area contributed by atoms with E-state index in [4.69, 9.17) is 4.74 Å². The van der Waals surface area contributed by atoms with Gasteiger partial charge >= 0.3 is 0 Å². The number of nitrogens with one attached hydrogen (secondary N) is 1. The van der Waals surface area contributed by atoms with E-state index in [-0.39, 0.29) is 5.75 Å². The molecular weight excluding hydrogens is 456 g/mol. The number of nitrogens with zero attached hydrogens (tertiary/aromatic N) is 1. The molecule has 5 nitrogen and oxygen atoms in total. The van der Waals surface area contributed by atoms with Crippen LogP contribution in [0.5, 0.6) is 5.75 Å². The van der Waals surface area contributed by atoms with Gasteiger partial charge in [-0.1, -0.05) is 70.8 Å². The molecule has 1 saturated heterocycles. The molecule has 1 aliphatic rings. The van der Waals surface area contributed by atoms with E-state index in [9.17, 15) is 8.42 Å². The number of fused-ring (bicyclic) bond motifs is 1. The molecule has 33 heavy (non-hydrogen) atoms. The summed E-state index contributed by atoms with van der Waals surface area (Å²) in [4.78, 5) is 0. The van der Waals surface area contributed by atoms with E-state index in [2.05, 4.69) is 23.8 Å². The smallest absolute Gasteiger partial charge is 0.238 e. The molecule has 0 aliphatic carbocycles. The zero-order valence-electron chi connectivity index (χ0n) is 20.5. The highest BCUT2D eigenvalue weighted by Gasteiger charge is 2.19. The van der Waals surface area contributed by atoms with E-state index >= 15 is 0 Å². The fraction of sp³-hybridized carbons (Fsp3) is 0.692. The van der Waals surface area contributed by atoms with Gasteiger partial charge in [-0.3, -0.25) is 0 Å². The van der Waals surface area contributed by atoms with Gasteiger partial charge in [0.1, 0.15) is 12.4 Å². The van der Waals surface area contributed by atoms with Crippen molar-refractivity contribution in [2.45, 2.75) is 90.0 Å². The number of hydrogen-bond acceptors (Lipinski definition) is 4. The minimum Gasteiger partial charge on any atom is -0.491 e. The maximum absolute atomic E-state index is 12.9. The molecule has 0 saturated carbocycles. The third-order valence-electron chi connectivity index (χ3n) is 6.32. The third-order valence-corrected chi connectivity index (χ3v) is 8.04. The van der Waals surface area contributed by atoms with E-state index in [0.29, 0.717) is 18.2 Å². The summed E-state index contributed by atoms with van der Waals surface area (Å²) in [7, 11) is -3.35. The topological polar surface area (TPSA) is 60.3 Å². The van der Waals surface area contributed by atoms with Gasteiger partial charge in [-0.25, -0.2) is 12.4 Å². The van der Waals surface area contributed by atoms with Crippen LogP contribution < -0.4 is 10.1 Å². The molecule has 0 unspecified atom stereocenters. The Kier molecular flexibility index (Phi) is 13.3. The van der Waals surface area contributed by atoms with Gasteiger partial charge in [-0.15, -0.1) is 11.6 Å². The van der Waals surface area contributed by atoms with E-state index in [0.717, 1.165) is 43.4 Å². The third kappa shape index (κ3) is 9.14. The van der Waals surface area contributed by atoms with Crippen molar-refractivity contribution >= 4 is 32.5 Å². The largest absolute Gasteiger partial charge is 0.491 e. The van der Waals surface area contributed by atoms with Crippen LogP contribution >= 0.6 is 11.6 Å². The van der Waals surface area contributed by atoms with Gasteiger partial charge in [0.25, 0.3) is 0 Å². The zero-order valence-corrected chi connectivity index (χ0v) is 22.1. The fourth-order valence-corrected chi connectivity index (χ4v) is 5.91. The van der Waals surface area contributed by atoms with Crippen LogP contribution in [-0.4, -0.2) is 43.7 Å². The Morgan fingerprint density at radius 3 is 2.30 bits per heavy atom. The quantitative estimate of drug-likeness (QED) is 0.218. The molecule has 2 aromatic rings. The van der Waals surface area contributed by atoms with Crippen LogP contribution in [0, 0.1) is 0 Å². The summed E-state index contributed by atoms with van der Waals surface area (Å²) in [6, 6.07) is 7.93. The molecule has 188 valence electrons. The summed E-state index contributed by atoms with van der Waals surface area (Å²) in [6.45, 7) is 3.91. The first-order chi connectivity index (χ1) is 16.1. The first-order valence-corrected chi connectivity index (χ1v) is 15.1. The Labute approximate surface area is 206 Å². The molecule has 0 bridgehead atoms. The molecule has 1 aromatic carbocycles. The SMILES string of the molecule is CCCCCCCCCCCCS(=O)(=O)n1ccc2c(OC[C@@H]3CCCN3)cccc21.CCl. The number of aromatic nitrogens is 1. The van der Waals surface area contributed by atoms with E-state index in [1.807, 2.05) is 24.3 Å². The molecule has 0 amide bonds. The second-order valence-corrected chi connectivity index (χ2v) is 10.9. The minimum atomic E-state index is -3.35. The molecule has 1 aliphatic heterocycles. The average molecular weight is 499 g/mol. The molecule has 1 N–H and O–H groups in total. The highest BCUT2D eigenvalue weighted by atomic mass is 35.5. The maximum Gasteiger partial charge on any atom is 0.238 e. The molecule has 0 radical (unpaired) electrons. The Morgan fingerprint density at radius 2 is 1.67 bits per heavy atom. The normalized spacial score (nSPS) is 16.0. The highest BCUT2D eigenvalue weighted by Crippen LogP contribution is 2.28. The number of ether oxygens (including phenoxy) is 1.